The first-order valence-corrected chi connectivity index (χ1v) is 4.03. The molecule has 5 N–H and O–H groups in total. The van der Waals surface area contributed by atoms with Crippen molar-refractivity contribution in [1.82, 2.24) is 0 Å². The second-order valence-electron chi connectivity index (χ2n) is 3.03. The zero-order valence-electron chi connectivity index (χ0n) is 6.92. The third-order valence-electron chi connectivity index (χ3n) is 2.17. The van der Waals surface area contributed by atoms with Crippen molar-refractivity contribution < 1.29 is 20.1 Å². The Morgan fingerprint density at radius 3 is 2.33 bits per heavy atom. The van der Waals surface area contributed by atoms with Gasteiger partial charge in [0.1, 0.15) is 12.2 Å². The molecule has 0 aromatic carbocycles. The maximum atomic E-state index is 9.36. The molecule has 0 aliphatic carbocycles. The molecule has 0 unspecified atom stereocenters. The van der Waals surface area contributed by atoms with Crippen LogP contribution < -0.4 is 5.73 Å². The van der Waals surface area contributed by atoms with Crippen molar-refractivity contribution in [2.24, 2.45) is 5.73 Å². The van der Waals surface area contributed by atoms with Crippen LogP contribution in [0.1, 0.15) is 13.3 Å². The predicted octanol–water partition coefficient (Wildman–Crippen LogP) is -1.84. The van der Waals surface area contributed by atoms with E-state index in [1.165, 1.54) is 0 Å². The van der Waals surface area contributed by atoms with E-state index in [-0.39, 0.29) is 0 Å². The fraction of sp³-hybridized carbons (Fsp3) is 1.00. The molecule has 72 valence electrons. The zero-order chi connectivity index (χ0) is 9.30. The molecule has 0 saturated carbocycles. The molecule has 1 rings (SSSR count). The van der Waals surface area contributed by atoms with Crippen molar-refractivity contribution in [3.63, 3.8) is 0 Å². The SMILES string of the molecule is CC[C@@H]1O[C@@H](O)[C@@H](N)[C@@H](O)[C@@H]1O. The molecule has 5 heteroatoms. The number of aliphatic hydroxyl groups is 3. The summed E-state index contributed by atoms with van der Waals surface area (Å²) < 4.78 is 4.95. The van der Waals surface area contributed by atoms with Crippen LogP contribution in [0, 0.1) is 0 Å². The van der Waals surface area contributed by atoms with Gasteiger partial charge in [-0.15, -0.1) is 0 Å². The summed E-state index contributed by atoms with van der Waals surface area (Å²) >= 11 is 0. The minimum Gasteiger partial charge on any atom is -0.388 e. The van der Waals surface area contributed by atoms with Crippen LogP contribution in [0.5, 0.6) is 0 Å². The van der Waals surface area contributed by atoms with Crippen LogP contribution >= 0.6 is 0 Å². The highest BCUT2D eigenvalue weighted by atomic mass is 16.6. The number of hydrogen-bond donors (Lipinski definition) is 4. The van der Waals surface area contributed by atoms with Crippen LogP contribution in [0.15, 0.2) is 0 Å². The first-order chi connectivity index (χ1) is 5.57. The smallest absolute Gasteiger partial charge is 0.172 e. The molecule has 1 fully saturated rings. The Kier molecular flexibility index (Phi) is 3.03. The minimum absolute atomic E-state index is 0.530. The number of nitrogens with two attached hydrogens (primary N) is 1. The lowest BCUT2D eigenvalue weighted by atomic mass is 9.96. The minimum atomic E-state index is -1.19. The van der Waals surface area contributed by atoms with Crippen LogP contribution in [0.25, 0.3) is 0 Å². The van der Waals surface area contributed by atoms with E-state index in [2.05, 4.69) is 0 Å². The highest BCUT2D eigenvalue weighted by Crippen LogP contribution is 2.20. The van der Waals surface area contributed by atoms with Gasteiger partial charge in [-0.3, -0.25) is 0 Å². The van der Waals surface area contributed by atoms with Crippen LogP contribution in [0.2, 0.25) is 0 Å². The second-order valence-corrected chi connectivity index (χ2v) is 3.03. The Balaban J connectivity index is 2.63. The van der Waals surface area contributed by atoms with Crippen molar-refractivity contribution in [2.75, 3.05) is 0 Å². The van der Waals surface area contributed by atoms with Gasteiger partial charge in [0.05, 0.1) is 12.1 Å². The monoisotopic (exact) mass is 177 g/mol. The lowest BCUT2D eigenvalue weighted by Crippen LogP contribution is -2.60. The normalized spacial score (nSPS) is 49.2. The van der Waals surface area contributed by atoms with Crippen molar-refractivity contribution in [3.8, 4) is 0 Å². The van der Waals surface area contributed by atoms with E-state index in [9.17, 15) is 10.2 Å². The molecule has 5 atom stereocenters. The molecule has 0 radical (unpaired) electrons. The number of hydrogen-bond acceptors (Lipinski definition) is 5. The average molecular weight is 177 g/mol. The molecular weight excluding hydrogens is 162 g/mol. The number of rotatable bonds is 1. The highest BCUT2D eigenvalue weighted by molar-refractivity contribution is 4.90. The molecule has 0 amide bonds. The van der Waals surface area contributed by atoms with Gasteiger partial charge in [-0.2, -0.15) is 0 Å². The lowest BCUT2D eigenvalue weighted by molar-refractivity contribution is -0.242. The van der Waals surface area contributed by atoms with Gasteiger partial charge in [-0.1, -0.05) is 6.92 Å². The van der Waals surface area contributed by atoms with Crippen molar-refractivity contribution in [1.29, 1.82) is 0 Å². The first-order valence-electron chi connectivity index (χ1n) is 4.03. The number of ether oxygens (including phenoxy) is 1. The van der Waals surface area contributed by atoms with E-state index in [1.54, 1.807) is 6.92 Å². The quantitative estimate of drug-likeness (QED) is 0.377. The third kappa shape index (κ3) is 1.60. The predicted molar refractivity (Wildman–Crippen MR) is 41.2 cm³/mol. The van der Waals surface area contributed by atoms with Gasteiger partial charge >= 0.3 is 0 Å². The third-order valence-corrected chi connectivity index (χ3v) is 2.17. The van der Waals surface area contributed by atoms with Crippen LogP contribution in [0.4, 0.5) is 0 Å². The Bertz CT molecular complexity index is 150. The van der Waals surface area contributed by atoms with Gasteiger partial charge in [0.2, 0.25) is 0 Å². The molecular formula is C7H15NO4. The summed E-state index contributed by atoms with van der Waals surface area (Å²) in [4.78, 5) is 0. The Morgan fingerprint density at radius 2 is 1.83 bits per heavy atom. The van der Waals surface area contributed by atoms with E-state index in [4.69, 9.17) is 15.6 Å². The first kappa shape index (κ1) is 9.88. The average Bonchev–Trinajstić information content (AvgIpc) is 2.08. The zero-order valence-corrected chi connectivity index (χ0v) is 6.92. The summed E-state index contributed by atoms with van der Waals surface area (Å²) in [5, 5.41) is 27.8. The summed E-state index contributed by atoms with van der Waals surface area (Å²) in [5.74, 6) is 0. The number of aliphatic hydroxyl groups excluding tert-OH is 3. The summed E-state index contributed by atoms with van der Waals surface area (Å²) in [5.41, 5.74) is 5.34. The van der Waals surface area contributed by atoms with E-state index in [0.29, 0.717) is 6.42 Å². The molecule has 1 aliphatic heterocycles. The molecule has 1 aliphatic rings. The van der Waals surface area contributed by atoms with Crippen molar-refractivity contribution >= 4 is 0 Å². The van der Waals surface area contributed by atoms with Crippen LogP contribution in [-0.2, 0) is 4.74 Å². The molecule has 1 heterocycles. The summed E-state index contributed by atoms with van der Waals surface area (Å²) in [6.07, 6.45) is -3.31. The maximum absolute atomic E-state index is 9.36. The maximum Gasteiger partial charge on any atom is 0.172 e. The standard InChI is InChI=1S/C7H15NO4/c1-2-3-5(9)6(10)4(8)7(11)12-3/h3-7,9-11H,2,8H2,1H3/t3-,4-,5+,6+,7+/m0/s1. The fourth-order valence-electron chi connectivity index (χ4n) is 1.30. The van der Waals surface area contributed by atoms with Gasteiger partial charge < -0.3 is 25.8 Å². The van der Waals surface area contributed by atoms with Gasteiger partial charge in [-0.25, -0.2) is 0 Å². The van der Waals surface area contributed by atoms with Crippen molar-refractivity contribution in [2.45, 2.75) is 44.0 Å². The topological polar surface area (TPSA) is 95.9 Å². The summed E-state index contributed by atoms with van der Waals surface area (Å²) in [6.45, 7) is 1.80. The molecule has 0 aromatic heterocycles. The fourth-order valence-corrected chi connectivity index (χ4v) is 1.30. The van der Waals surface area contributed by atoms with E-state index < -0.39 is 30.6 Å². The molecule has 0 bridgehead atoms. The molecule has 5 nitrogen and oxygen atoms in total. The van der Waals surface area contributed by atoms with Crippen LogP contribution in [-0.4, -0.2) is 46.0 Å². The van der Waals surface area contributed by atoms with E-state index in [0.717, 1.165) is 0 Å². The van der Waals surface area contributed by atoms with Crippen LogP contribution in [0.3, 0.4) is 0 Å². The van der Waals surface area contributed by atoms with Gasteiger partial charge in [0.15, 0.2) is 6.29 Å². The summed E-state index contributed by atoms with van der Waals surface area (Å²) in [7, 11) is 0. The highest BCUT2D eigenvalue weighted by Gasteiger charge is 2.40. The van der Waals surface area contributed by atoms with Gasteiger partial charge in [-0.05, 0) is 6.42 Å². The molecule has 0 spiro atoms. The molecule has 1 saturated heterocycles. The van der Waals surface area contributed by atoms with Gasteiger partial charge in [0.25, 0.3) is 0 Å². The Morgan fingerprint density at radius 1 is 1.25 bits per heavy atom. The van der Waals surface area contributed by atoms with E-state index in [1.807, 2.05) is 0 Å². The van der Waals surface area contributed by atoms with Crippen molar-refractivity contribution in [3.05, 3.63) is 0 Å². The second kappa shape index (κ2) is 3.68. The summed E-state index contributed by atoms with van der Waals surface area (Å²) in [6, 6.07) is -0.928. The Labute approximate surface area is 70.8 Å². The largest absolute Gasteiger partial charge is 0.388 e. The Hall–Kier alpha value is -0.200. The van der Waals surface area contributed by atoms with E-state index >= 15 is 0 Å². The van der Waals surface area contributed by atoms with Gasteiger partial charge in [0, 0.05) is 0 Å². The lowest BCUT2D eigenvalue weighted by Gasteiger charge is -2.38. The molecule has 12 heavy (non-hydrogen) atoms. The molecule has 0 aromatic rings.